The molecule has 0 fully saturated rings. The number of amides is 1. The number of sulfonamides is 1. The molecule has 0 aliphatic rings. The van der Waals surface area contributed by atoms with Gasteiger partial charge in [0, 0.05) is 22.3 Å². The summed E-state index contributed by atoms with van der Waals surface area (Å²) in [6.07, 6.45) is 1.64. The molecule has 0 saturated heterocycles. The number of aromatic amines is 1. The van der Waals surface area contributed by atoms with E-state index in [9.17, 15) is 17.6 Å². The van der Waals surface area contributed by atoms with Crippen molar-refractivity contribution in [3.8, 4) is 0 Å². The molecule has 4 aromatic rings. The van der Waals surface area contributed by atoms with Crippen molar-refractivity contribution in [1.82, 2.24) is 10.2 Å². The standard InChI is InChI=1S/C21H17FN4O3S/c1-13-2-3-14(21(27)24-18-8-9-19-15(10-18)12-23-25-19)11-20(13)30(28,29)26-17-6-4-16(22)5-7-17/h2-12,26H,1H3,(H,23,25)(H,24,27). The monoisotopic (exact) mass is 424 g/mol. The number of H-pyrrole nitrogens is 1. The number of rotatable bonds is 5. The van der Waals surface area contributed by atoms with Crippen molar-refractivity contribution in [2.75, 3.05) is 10.0 Å². The maximum atomic E-state index is 13.1. The first kappa shape index (κ1) is 19.6. The predicted octanol–water partition coefficient (Wildman–Crippen LogP) is 4.06. The molecule has 4 rings (SSSR count). The van der Waals surface area contributed by atoms with E-state index in [2.05, 4.69) is 20.2 Å². The Balaban J connectivity index is 1.60. The Hall–Kier alpha value is -3.72. The number of anilines is 2. The van der Waals surface area contributed by atoms with Crippen molar-refractivity contribution in [1.29, 1.82) is 0 Å². The van der Waals surface area contributed by atoms with Crippen molar-refractivity contribution < 1.29 is 17.6 Å². The highest BCUT2D eigenvalue weighted by atomic mass is 32.2. The van der Waals surface area contributed by atoms with Crippen molar-refractivity contribution in [3.63, 3.8) is 0 Å². The minimum Gasteiger partial charge on any atom is -0.322 e. The Bertz CT molecular complexity index is 1350. The normalized spacial score (nSPS) is 11.4. The fraction of sp³-hybridized carbons (Fsp3) is 0.0476. The van der Waals surface area contributed by atoms with Crippen LogP contribution in [0.1, 0.15) is 15.9 Å². The second-order valence-corrected chi connectivity index (χ2v) is 8.37. The third-order valence-electron chi connectivity index (χ3n) is 4.53. The van der Waals surface area contributed by atoms with E-state index in [0.29, 0.717) is 11.3 Å². The van der Waals surface area contributed by atoms with Crippen LogP contribution < -0.4 is 10.0 Å². The van der Waals surface area contributed by atoms with Crippen LogP contribution in [-0.2, 0) is 10.0 Å². The van der Waals surface area contributed by atoms with Gasteiger partial charge >= 0.3 is 0 Å². The molecule has 30 heavy (non-hydrogen) atoms. The highest BCUT2D eigenvalue weighted by Gasteiger charge is 2.19. The van der Waals surface area contributed by atoms with E-state index in [4.69, 9.17) is 0 Å². The van der Waals surface area contributed by atoms with Crippen LogP contribution in [0.4, 0.5) is 15.8 Å². The summed E-state index contributed by atoms with van der Waals surface area (Å²) in [5.74, 6) is -0.919. The van der Waals surface area contributed by atoms with E-state index >= 15 is 0 Å². The number of hydrogen-bond donors (Lipinski definition) is 3. The Labute approximate surface area is 172 Å². The van der Waals surface area contributed by atoms with Gasteiger partial charge in [0.2, 0.25) is 0 Å². The van der Waals surface area contributed by atoms with Crippen LogP contribution in [0, 0.1) is 12.7 Å². The SMILES string of the molecule is Cc1ccc(C(=O)Nc2ccc3[nH]ncc3c2)cc1S(=O)(=O)Nc1ccc(F)cc1. The number of halogens is 1. The lowest BCUT2D eigenvalue weighted by atomic mass is 10.1. The number of nitrogens with zero attached hydrogens (tertiary/aromatic N) is 1. The van der Waals surface area contributed by atoms with Crippen LogP contribution in [0.15, 0.2) is 71.8 Å². The van der Waals surface area contributed by atoms with Gasteiger partial charge in [-0.2, -0.15) is 5.10 Å². The van der Waals surface area contributed by atoms with Crippen LogP contribution >= 0.6 is 0 Å². The number of carbonyl (C=O) groups excluding carboxylic acids is 1. The van der Waals surface area contributed by atoms with Gasteiger partial charge in [0.25, 0.3) is 15.9 Å². The van der Waals surface area contributed by atoms with Crippen LogP contribution in [0.3, 0.4) is 0 Å². The molecule has 0 aliphatic carbocycles. The highest BCUT2D eigenvalue weighted by molar-refractivity contribution is 7.92. The third-order valence-corrected chi connectivity index (χ3v) is 6.06. The minimum atomic E-state index is -3.97. The second-order valence-electron chi connectivity index (χ2n) is 6.72. The second kappa shape index (κ2) is 7.60. The zero-order valence-corrected chi connectivity index (χ0v) is 16.6. The van der Waals surface area contributed by atoms with E-state index in [1.165, 1.54) is 18.2 Å². The van der Waals surface area contributed by atoms with Crippen LogP contribution in [0.25, 0.3) is 10.9 Å². The maximum absolute atomic E-state index is 13.1. The van der Waals surface area contributed by atoms with E-state index < -0.39 is 21.7 Å². The molecule has 1 heterocycles. The minimum absolute atomic E-state index is 0.0373. The fourth-order valence-corrected chi connectivity index (χ4v) is 4.31. The topological polar surface area (TPSA) is 104 Å². The summed E-state index contributed by atoms with van der Waals surface area (Å²) >= 11 is 0. The van der Waals surface area contributed by atoms with E-state index in [1.54, 1.807) is 43.5 Å². The molecule has 152 valence electrons. The quantitative estimate of drug-likeness (QED) is 0.449. The van der Waals surface area contributed by atoms with Crippen molar-refractivity contribution in [2.45, 2.75) is 11.8 Å². The van der Waals surface area contributed by atoms with Crippen LogP contribution in [-0.4, -0.2) is 24.5 Å². The number of aryl methyl sites for hydroxylation is 1. The van der Waals surface area contributed by atoms with E-state index in [1.807, 2.05) is 0 Å². The molecule has 3 aromatic carbocycles. The third kappa shape index (κ3) is 4.01. The summed E-state index contributed by atoms with van der Waals surface area (Å²) in [5, 5.41) is 10.4. The first-order valence-corrected chi connectivity index (χ1v) is 10.4. The molecule has 0 unspecified atom stereocenters. The molecule has 0 spiro atoms. The first-order chi connectivity index (χ1) is 14.3. The summed E-state index contributed by atoms with van der Waals surface area (Å²) < 4.78 is 41.1. The molecule has 9 heteroatoms. The Morgan fingerprint density at radius 3 is 2.50 bits per heavy atom. The molecular formula is C21H17FN4O3S. The molecule has 7 nitrogen and oxygen atoms in total. The molecule has 0 saturated carbocycles. The van der Waals surface area contributed by atoms with Crippen LogP contribution in [0.2, 0.25) is 0 Å². The molecule has 0 aliphatic heterocycles. The predicted molar refractivity (Wildman–Crippen MR) is 112 cm³/mol. The smallest absolute Gasteiger partial charge is 0.262 e. The van der Waals surface area contributed by atoms with Gasteiger partial charge in [-0.15, -0.1) is 0 Å². The summed E-state index contributed by atoms with van der Waals surface area (Å²) in [5.41, 5.74) is 2.28. The number of nitrogens with one attached hydrogen (secondary N) is 3. The number of fused-ring (bicyclic) bond motifs is 1. The van der Waals surface area contributed by atoms with Crippen LogP contribution in [0.5, 0.6) is 0 Å². The fourth-order valence-electron chi connectivity index (χ4n) is 2.98. The molecule has 1 amide bonds. The molecule has 0 atom stereocenters. The molecule has 1 aromatic heterocycles. The zero-order valence-electron chi connectivity index (χ0n) is 15.8. The molecule has 0 radical (unpaired) electrons. The number of carbonyl (C=O) groups is 1. The van der Waals surface area contributed by atoms with Gasteiger partial charge in [-0.1, -0.05) is 6.07 Å². The van der Waals surface area contributed by atoms with Gasteiger partial charge in [-0.3, -0.25) is 14.6 Å². The Kier molecular flexibility index (Phi) is 4.96. The Morgan fingerprint density at radius 2 is 1.73 bits per heavy atom. The van der Waals surface area contributed by atoms with Crippen molar-refractivity contribution >= 4 is 38.2 Å². The van der Waals surface area contributed by atoms with E-state index in [-0.39, 0.29) is 16.1 Å². The number of hydrogen-bond acceptors (Lipinski definition) is 4. The summed E-state index contributed by atoms with van der Waals surface area (Å²) in [7, 11) is -3.97. The van der Waals surface area contributed by atoms with Crippen molar-refractivity contribution in [3.05, 3.63) is 83.8 Å². The average molecular weight is 424 g/mol. The highest BCUT2D eigenvalue weighted by Crippen LogP contribution is 2.22. The first-order valence-electron chi connectivity index (χ1n) is 8.95. The van der Waals surface area contributed by atoms with Gasteiger partial charge in [0.1, 0.15) is 5.82 Å². The lowest BCUT2D eigenvalue weighted by Crippen LogP contribution is -2.17. The number of aromatic nitrogens is 2. The largest absolute Gasteiger partial charge is 0.322 e. The average Bonchev–Trinajstić information content (AvgIpc) is 3.17. The van der Waals surface area contributed by atoms with Gasteiger partial charge in [0.05, 0.1) is 16.6 Å². The molecule has 3 N–H and O–H groups in total. The Morgan fingerprint density at radius 1 is 1.00 bits per heavy atom. The van der Waals surface area contributed by atoms with Gasteiger partial charge < -0.3 is 5.32 Å². The maximum Gasteiger partial charge on any atom is 0.262 e. The van der Waals surface area contributed by atoms with Crippen molar-refractivity contribution in [2.24, 2.45) is 0 Å². The van der Waals surface area contributed by atoms with Gasteiger partial charge in [-0.05, 0) is 67.1 Å². The summed E-state index contributed by atoms with van der Waals surface area (Å²) in [6, 6.07) is 14.7. The molecular weight excluding hydrogens is 407 g/mol. The van der Waals surface area contributed by atoms with Gasteiger partial charge in [0.15, 0.2) is 0 Å². The number of benzene rings is 3. The zero-order chi connectivity index (χ0) is 21.3. The summed E-state index contributed by atoms with van der Waals surface area (Å²) in [4.78, 5) is 12.6. The lowest BCUT2D eigenvalue weighted by Gasteiger charge is -2.12. The van der Waals surface area contributed by atoms with E-state index in [0.717, 1.165) is 23.0 Å². The van der Waals surface area contributed by atoms with Gasteiger partial charge in [-0.25, -0.2) is 12.8 Å². The summed E-state index contributed by atoms with van der Waals surface area (Å²) in [6.45, 7) is 1.63. The lowest BCUT2D eigenvalue weighted by molar-refractivity contribution is 0.102. The molecule has 0 bridgehead atoms.